The highest BCUT2D eigenvalue weighted by Gasteiger charge is 2.01. The molecule has 0 fully saturated rings. The topological polar surface area (TPSA) is 38.9 Å². The maximum atomic E-state index is 5.67. The van der Waals surface area contributed by atoms with Crippen LogP contribution >= 0.6 is 23.1 Å². The maximum absolute atomic E-state index is 5.67. The molecule has 0 aliphatic rings. The summed E-state index contributed by atoms with van der Waals surface area (Å²) in [5.41, 5.74) is 8.80. The van der Waals surface area contributed by atoms with Crippen LogP contribution in [0.1, 0.15) is 23.9 Å². The summed E-state index contributed by atoms with van der Waals surface area (Å²) in [5.74, 6) is 2.37. The molecule has 0 saturated carbocycles. The second kappa shape index (κ2) is 6.43. The smallest absolute Gasteiger partial charge is 0.0797 e. The fourth-order valence-electron chi connectivity index (χ4n) is 1.10. The van der Waals surface area contributed by atoms with Crippen LogP contribution in [0.2, 0.25) is 0 Å². The molecule has 1 unspecified atom stereocenters. The molecule has 1 rings (SSSR count). The highest BCUT2D eigenvalue weighted by molar-refractivity contribution is 7.99. The number of hydrogen-bond donors (Lipinski definition) is 1. The zero-order valence-electron chi connectivity index (χ0n) is 8.82. The lowest BCUT2D eigenvalue weighted by atomic mass is 10.3. The first-order valence-corrected chi connectivity index (χ1v) is 6.96. The van der Waals surface area contributed by atoms with E-state index in [0.29, 0.717) is 6.04 Å². The van der Waals surface area contributed by atoms with E-state index < -0.39 is 0 Å². The predicted octanol–water partition coefficient (Wildman–Crippen LogP) is 2.46. The molecule has 1 heterocycles. The fraction of sp³-hybridized carbons (Fsp3) is 0.700. The quantitative estimate of drug-likeness (QED) is 0.763. The molecule has 4 heteroatoms. The van der Waals surface area contributed by atoms with Crippen molar-refractivity contribution in [1.82, 2.24) is 4.98 Å². The molecule has 0 radical (unpaired) electrons. The van der Waals surface area contributed by atoms with Crippen molar-refractivity contribution >= 4 is 23.1 Å². The molecule has 80 valence electrons. The van der Waals surface area contributed by atoms with E-state index in [4.69, 9.17) is 5.73 Å². The van der Waals surface area contributed by atoms with E-state index in [1.165, 1.54) is 22.1 Å². The molecular formula is C10H18N2S2. The molecule has 0 aromatic carbocycles. The average molecular weight is 230 g/mol. The SMILES string of the molecule is Cc1ncsc1CCSCCC(C)N. The van der Waals surface area contributed by atoms with Gasteiger partial charge in [-0.2, -0.15) is 11.8 Å². The fourth-order valence-corrected chi connectivity index (χ4v) is 3.10. The first-order valence-electron chi connectivity index (χ1n) is 4.92. The second-order valence-electron chi connectivity index (χ2n) is 3.49. The van der Waals surface area contributed by atoms with Crippen LogP contribution in [-0.2, 0) is 6.42 Å². The molecule has 0 spiro atoms. The van der Waals surface area contributed by atoms with Gasteiger partial charge >= 0.3 is 0 Å². The van der Waals surface area contributed by atoms with Crippen molar-refractivity contribution in [3.8, 4) is 0 Å². The number of thiazole rings is 1. The molecule has 2 N–H and O–H groups in total. The van der Waals surface area contributed by atoms with Gasteiger partial charge < -0.3 is 5.73 Å². The Morgan fingerprint density at radius 1 is 1.57 bits per heavy atom. The standard InChI is InChI=1S/C10H18N2S2/c1-8(11)3-5-13-6-4-10-9(2)12-7-14-10/h7-8H,3-6,11H2,1-2H3. The summed E-state index contributed by atoms with van der Waals surface area (Å²) in [5, 5.41) is 0. The molecule has 2 nitrogen and oxygen atoms in total. The molecule has 14 heavy (non-hydrogen) atoms. The van der Waals surface area contributed by atoms with Crippen LogP contribution in [0.4, 0.5) is 0 Å². The summed E-state index contributed by atoms with van der Waals surface area (Å²) in [7, 11) is 0. The molecule has 0 amide bonds. The number of nitrogens with zero attached hydrogens (tertiary/aromatic N) is 1. The normalized spacial score (nSPS) is 13.1. The first kappa shape index (κ1) is 12.0. The number of aryl methyl sites for hydroxylation is 2. The van der Waals surface area contributed by atoms with E-state index in [-0.39, 0.29) is 0 Å². The van der Waals surface area contributed by atoms with E-state index in [1.54, 1.807) is 11.3 Å². The Kier molecular flexibility index (Phi) is 5.52. The maximum Gasteiger partial charge on any atom is 0.0797 e. The van der Waals surface area contributed by atoms with Gasteiger partial charge in [-0.15, -0.1) is 11.3 Å². The van der Waals surface area contributed by atoms with Crippen LogP contribution in [0.5, 0.6) is 0 Å². The Hall–Kier alpha value is -0.0600. The van der Waals surface area contributed by atoms with Crippen LogP contribution in [-0.4, -0.2) is 22.5 Å². The van der Waals surface area contributed by atoms with Gasteiger partial charge in [0.2, 0.25) is 0 Å². The van der Waals surface area contributed by atoms with E-state index in [9.17, 15) is 0 Å². The molecular weight excluding hydrogens is 212 g/mol. The Morgan fingerprint density at radius 3 is 2.93 bits per heavy atom. The minimum absolute atomic E-state index is 0.340. The van der Waals surface area contributed by atoms with Crippen molar-refractivity contribution in [2.45, 2.75) is 32.7 Å². The third-order valence-electron chi connectivity index (χ3n) is 2.04. The van der Waals surface area contributed by atoms with Gasteiger partial charge in [0.1, 0.15) is 0 Å². The van der Waals surface area contributed by atoms with Gasteiger partial charge in [0.05, 0.1) is 11.2 Å². The summed E-state index contributed by atoms with van der Waals surface area (Å²) in [4.78, 5) is 5.66. The summed E-state index contributed by atoms with van der Waals surface area (Å²) in [6.45, 7) is 4.15. The number of thioether (sulfide) groups is 1. The van der Waals surface area contributed by atoms with Crippen molar-refractivity contribution in [3.63, 3.8) is 0 Å². The van der Waals surface area contributed by atoms with Crippen molar-refractivity contribution in [1.29, 1.82) is 0 Å². The van der Waals surface area contributed by atoms with Gasteiger partial charge in [-0.3, -0.25) is 0 Å². The predicted molar refractivity (Wildman–Crippen MR) is 66.1 cm³/mol. The van der Waals surface area contributed by atoms with Crippen LogP contribution in [0.25, 0.3) is 0 Å². The summed E-state index contributed by atoms with van der Waals surface area (Å²) < 4.78 is 0. The molecule has 0 aliphatic carbocycles. The van der Waals surface area contributed by atoms with Gasteiger partial charge in [-0.1, -0.05) is 0 Å². The van der Waals surface area contributed by atoms with E-state index in [1.807, 2.05) is 17.3 Å². The number of nitrogens with two attached hydrogens (primary N) is 1. The average Bonchev–Trinajstić information content (AvgIpc) is 2.51. The minimum Gasteiger partial charge on any atom is -0.328 e. The van der Waals surface area contributed by atoms with Gasteiger partial charge in [0, 0.05) is 10.9 Å². The monoisotopic (exact) mass is 230 g/mol. The Bertz CT molecular complexity index is 258. The molecule has 0 bridgehead atoms. The minimum atomic E-state index is 0.340. The third kappa shape index (κ3) is 4.44. The van der Waals surface area contributed by atoms with Gasteiger partial charge in [-0.25, -0.2) is 4.98 Å². The van der Waals surface area contributed by atoms with Gasteiger partial charge in [-0.05, 0) is 38.2 Å². The number of rotatable bonds is 6. The highest BCUT2D eigenvalue weighted by Crippen LogP contribution is 2.15. The van der Waals surface area contributed by atoms with Gasteiger partial charge in [0.25, 0.3) is 0 Å². The lowest BCUT2D eigenvalue weighted by Gasteiger charge is -2.03. The number of hydrogen-bond acceptors (Lipinski definition) is 4. The Labute approximate surface area is 94.3 Å². The van der Waals surface area contributed by atoms with E-state index in [0.717, 1.165) is 12.8 Å². The summed E-state index contributed by atoms with van der Waals surface area (Å²) >= 11 is 3.75. The van der Waals surface area contributed by atoms with Crippen molar-refractivity contribution in [2.75, 3.05) is 11.5 Å². The zero-order valence-corrected chi connectivity index (χ0v) is 10.5. The van der Waals surface area contributed by atoms with Crippen LogP contribution in [0.3, 0.4) is 0 Å². The van der Waals surface area contributed by atoms with E-state index >= 15 is 0 Å². The second-order valence-corrected chi connectivity index (χ2v) is 5.65. The van der Waals surface area contributed by atoms with Crippen LogP contribution in [0.15, 0.2) is 5.51 Å². The zero-order chi connectivity index (χ0) is 10.4. The molecule has 1 aromatic heterocycles. The summed E-state index contributed by atoms with van der Waals surface area (Å²) in [6.07, 6.45) is 2.27. The Morgan fingerprint density at radius 2 is 2.36 bits per heavy atom. The molecule has 0 aliphatic heterocycles. The van der Waals surface area contributed by atoms with Crippen LogP contribution in [0, 0.1) is 6.92 Å². The van der Waals surface area contributed by atoms with Crippen LogP contribution < -0.4 is 5.73 Å². The number of aromatic nitrogens is 1. The van der Waals surface area contributed by atoms with Crippen molar-refractivity contribution < 1.29 is 0 Å². The summed E-state index contributed by atoms with van der Waals surface area (Å²) in [6, 6.07) is 0.340. The molecule has 1 aromatic rings. The molecule has 1 atom stereocenters. The molecule has 0 saturated heterocycles. The lowest BCUT2D eigenvalue weighted by molar-refractivity contribution is 0.721. The van der Waals surface area contributed by atoms with Crippen molar-refractivity contribution in [3.05, 3.63) is 16.1 Å². The third-order valence-corrected chi connectivity index (χ3v) is 4.05. The first-order chi connectivity index (χ1) is 6.70. The lowest BCUT2D eigenvalue weighted by Crippen LogP contribution is -2.15. The highest BCUT2D eigenvalue weighted by atomic mass is 32.2. The van der Waals surface area contributed by atoms with Crippen molar-refractivity contribution in [2.24, 2.45) is 5.73 Å². The Balaban J connectivity index is 2.08. The largest absolute Gasteiger partial charge is 0.328 e. The van der Waals surface area contributed by atoms with Gasteiger partial charge in [0.15, 0.2) is 0 Å². The van der Waals surface area contributed by atoms with E-state index in [2.05, 4.69) is 18.8 Å².